The Labute approximate surface area is 283 Å². The van der Waals surface area contributed by atoms with Crippen LogP contribution >= 0.6 is 0 Å². The van der Waals surface area contributed by atoms with E-state index in [2.05, 4.69) is 158 Å². The highest BCUT2D eigenvalue weighted by molar-refractivity contribution is 6.27. The predicted octanol–water partition coefficient (Wildman–Crippen LogP) is 13.7. The maximum atomic E-state index is 6.23. The number of fused-ring (bicyclic) bond motifs is 17. The Bertz CT molecular complexity index is 2990. The Kier molecular flexibility index (Phi) is 5.45. The minimum absolute atomic E-state index is 0.912. The number of rotatable bonds is 1. The van der Waals surface area contributed by atoms with Crippen molar-refractivity contribution in [1.82, 2.24) is 0 Å². The van der Waals surface area contributed by atoms with E-state index >= 15 is 0 Å². The van der Waals surface area contributed by atoms with Gasteiger partial charge in [0.25, 0.3) is 0 Å². The van der Waals surface area contributed by atoms with Crippen LogP contribution in [-0.4, -0.2) is 0 Å². The molecule has 1 aromatic heterocycles. The fourth-order valence-electron chi connectivity index (χ4n) is 8.49. The molecule has 1 aliphatic rings. The second-order valence-electron chi connectivity index (χ2n) is 13.2. The van der Waals surface area contributed by atoms with Crippen LogP contribution in [0.5, 0.6) is 0 Å². The molecule has 0 spiro atoms. The van der Waals surface area contributed by atoms with Crippen LogP contribution in [0.2, 0.25) is 0 Å². The third-order valence-electron chi connectivity index (χ3n) is 10.6. The van der Waals surface area contributed by atoms with Crippen molar-refractivity contribution in [3.8, 4) is 55.6 Å². The highest BCUT2D eigenvalue weighted by Crippen LogP contribution is 2.52. The average molecular weight is 621 g/mol. The van der Waals surface area contributed by atoms with Crippen LogP contribution in [0, 0.1) is 0 Å². The van der Waals surface area contributed by atoms with E-state index in [9.17, 15) is 0 Å². The lowest BCUT2D eigenvalue weighted by molar-refractivity contribution is 0.669. The first-order valence-corrected chi connectivity index (χ1v) is 16.9. The molecule has 1 nitrogen and oxygen atoms in total. The summed E-state index contributed by atoms with van der Waals surface area (Å²) in [5.74, 6) is 0. The van der Waals surface area contributed by atoms with Crippen molar-refractivity contribution in [2.75, 3.05) is 0 Å². The number of hydrogen-bond donors (Lipinski definition) is 0. The van der Waals surface area contributed by atoms with Gasteiger partial charge in [0.2, 0.25) is 0 Å². The molecule has 9 aromatic carbocycles. The van der Waals surface area contributed by atoms with Crippen molar-refractivity contribution in [2.24, 2.45) is 0 Å². The first-order valence-electron chi connectivity index (χ1n) is 16.9. The third kappa shape index (κ3) is 3.76. The molecule has 0 amide bonds. The van der Waals surface area contributed by atoms with Gasteiger partial charge in [-0.15, -0.1) is 0 Å². The lowest BCUT2D eigenvalue weighted by Crippen LogP contribution is -1.99. The fraction of sp³-hybridized carbons (Fsp3) is 0. The van der Waals surface area contributed by atoms with Gasteiger partial charge in [-0.1, -0.05) is 140 Å². The van der Waals surface area contributed by atoms with E-state index < -0.39 is 0 Å². The standard InChI is InChI=1S/C48H28O/c1-4-15-34-31(12-1)32-13-2-5-16-35(32)42-28-44-37-18-7-8-20-39(37)48-30(29-24-25-47-45(26-29)38-19-9-10-23-46(38)49-47)21-11-22-40(48)33-14-3-6-17-36(33)43(44)27-41(34)42/h1-28H. The molecule has 0 unspecified atom stereocenters. The number of furan rings is 1. The van der Waals surface area contributed by atoms with Crippen LogP contribution in [0.3, 0.4) is 0 Å². The molecule has 226 valence electrons. The summed E-state index contributed by atoms with van der Waals surface area (Å²) in [4.78, 5) is 0. The molecule has 1 heterocycles. The molecule has 0 radical (unpaired) electrons. The van der Waals surface area contributed by atoms with Gasteiger partial charge in [0, 0.05) is 10.8 Å². The largest absolute Gasteiger partial charge is 0.456 e. The Morgan fingerprint density at radius 3 is 1.35 bits per heavy atom. The van der Waals surface area contributed by atoms with E-state index in [0.29, 0.717) is 0 Å². The maximum absolute atomic E-state index is 6.23. The summed E-state index contributed by atoms with van der Waals surface area (Å²) in [6, 6.07) is 62.4. The van der Waals surface area contributed by atoms with E-state index in [4.69, 9.17) is 4.42 Å². The molecule has 49 heavy (non-hydrogen) atoms. The van der Waals surface area contributed by atoms with E-state index in [0.717, 1.165) is 21.9 Å². The molecular formula is C48H28O. The van der Waals surface area contributed by atoms with Crippen LogP contribution in [0.4, 0.5) is 0 Å². The van der Waals surface area contributed by atoms with Crippen molar-refractivity contribution < 1.29 is 4.42 Å². The molecule has 10 aromatic rings. The predicted molar refractivity (Wildman–Crippen MR) is 207 cm³/mol. The van der Waals surface area contributed by atoms with Crippen molar-refractivity contribution in [1.29, 1.82) is 0 Å². The summed E-state index contributed by atoms with van der Waals surface area (Å²) in [7, 11) is 0. The maximum Gasteiger partial charge on any atom is 0.135 e. The van der Waals surface area contributed by atoms with Crippen LogP contribution in [0.1, 0.15) is 0 Å². The van der Waals surface area contributed by atoms with Crippen LogP contribution < -0.4 is 0 Å². The van der Waals surface area contributed by atoms with Gasteiger partial charge in [-0.2, -0.15) is 0 Å². The molecule has 0 atom stereocenters. The smallest absolute Gasteiger partial charge is 0.135 e. The van der Waals surface area contributed by atoms with Crippen LogP contribution in [-0.2, 0) is 0 Å². The Morgan fingerprint density at radius 2 is 0.694 bits per heavy atom. The summed E-state index contributed by atoms with van der Waals surface area (Å²) in [5.41, 5.74) is 14.2. The first kappa shape index (κ1) is 26.6. The fourth-order valence-corrected chi connectivity index (χ4v) is 8.49. The first-order chi connectivity index (χ1) is 24.3. The van der Waals surface area contributed by atoms with Crippen LogP contribution in [0.15, 0.2) is 174 Å². The zero-order valence-corrected chi connectivity index (χ0v) is 26.6. The normalized spacial score (nSPS) is 12.1. The highest BCUT2D eigenvalue weighted by atomic mass is 16.3. The quantitative estimate of drug-likeness (QED) is 0.166. The number of benzene rings is 9. The number of hydrogen-bond acceptors (Lipinski definition) is 1. The van der Waals surface area contributed by atoms with Gasteiger partial charge < -0.3 is 4.42 Å². The Balaban J connectivity index is 1.27. The van der Waals surface area contributed by atoms with Crippen LogP contribution in [0.25, 0.3) is 110 Å². The molecule has 0 saturated carbocycles. The lowest BCUT2D eigenvalue weighted by atomic mass is 9.77. The van der Waals surface area contributed by atoms with E-state index in [1.165, 1.54) is 88.0 Å². The lowest BCUT2D eigenvalue weighted by Gasteiger charge is -2.26. The summed E-state index contributed by atoms with van der Waals surface area (Å²) >= 11 is 0. The molecule has 0 aliphatic heterocycles. The van der Waals surface area contributed by atoms with Crippen molar-refractivity contribution >= 4 is 54.3 Å². The molecule has 0 N–H and O–H groups in total. The zero-order valence-electron chi connectivity index (χ0n) is 26.6. The summed E-state index contributed by atoms with van der Waals surface area (Å²) in [6.45, 7) is 0. The van der Waals surface area contributed by atoms with Gasteiger partial charge in [-0.25, -0.2) is 0 Å². The van der Waals surface area contributed by atoms with Gasteiger partial charge in [0.15, 0.2) is 0 Å². The molecule has 1 aliphatic carbocycles. The van der Waals surface area contributed by atoms with Gasteiger partial charge in [0.1, 0.15) is 11.2 Å². The Morgan fingerprint density at radius 1 is 0.245 bits per heavy atom. The Hall–Kier alpha value is -6.44. The molecule has 1 heteroatoms. The summed E-state index contributed by atoms with van der Waals surface area (Å²) in [5, 5.41) is 10.0. The summed E-state index contributed by atoms with van der Waals surface area (Å²) in [6.07, 6.45) is 0. The van der Waals surface area contributed by atoms with Gasteiger partial charge in [-0.05, 0) is 118 Å². The van der Waals surface area contributed by atoms with Crippen molar-refractivity contribution in [2.45, 2.75) is 0 Å². The monoisotopic (exact) mass is 620 g/mol. The van der Waals surface area contributed by atoms with Gasteiger partial charge in [0.05, 0.1) is 0 Å². The van der Waals surface area contributed by atoms with Crippen molar-refractivity contribution in [3.63, 3.8) is 0 Å². The second kappa shape index (κ2) is 10.0. The zero-order chi connectivity index (χ0) is 32.1. The van der Waals surface area contributed by atoms with Crippen molar-refractivity contribution in [3.05, 3.63) is 170 Å². The summed E-state index contributed by atoms with van der Waals surface area (Å²) < 4.78 is 6.23. The highest BCUT2D eigenvalue weighted by Gasteiger charge is 2.25. The van der Waals surface area contributed by atoms with Gasteiger partial charge in [-0.3, -0.25) is 0 Å². The minimum Gasteiger partial charge on any atom is -0.456 e. The third-order valence-corrected chi connectivity index (χ3v) is 10.6. The topological polar surface area (TPSA) is 13.1 Å². The second-order valence-corrected chi connectivity index (χ2v) is 13.2. The SMILES string of the molecule is c1ccc2c(c1)-c1cc3c4ccccc4c4ccccc4c3cc1-c1ccccc1-c1c(-c3ccc4oc5ccccc5c4c3)cccc1-2. The molecule has 0 bridgehead atoms. The molecule has 0 saturated heterocycles. The molecular weight excluding hydrogens is 593 g/mol. The molecule has 11 rings (SSSR count). The van der Waals surface area contributed by atoms with E-state index in [1.807, 2.05) is 12.1 Å². The van der Waals surface area contributed by atoms with E-state index in [1.54, 1.807) is 0 Å². The number of para-hydroxylation sites is 1. The molecule has 0 fully saturated rings. The van der Waals surface area contributed by atoms with E-state index in [-0.39, 0.29) is 0 Å². The average Bonchev–Trinajstić information content (AvgIpc) is 3.55. The van der Waals surface area contributed by atoms with Gasteiger partial charge >= 0.3 is 0 Å². The minimum atomic E-state index is 0.912.